The molecule has 2 unspecified atom stereocenters. The lowest BCUT2D eigenvalue weighted by atomic mass is 10.2. The number of anilines is 1. The van der Waals surface area contributed by atoms with Crippen LogP contribution in [0, 0.1) is 0 Å². The van der Waals surface area contributed by atoms with Gasteiger partial charge in [0.25, 0.3) is 0 Å². The molecule has 2 amide bonds. The molecule has 0 aliphatic carbocycles. The smallest absolute Gasteiger partial charge is 0.322 e. The molecule has 2 heterocycles. The van der Waals surface area contributed by atoms with E-state index in [2.05, 4.69) is 15.3 Å². The fraction of sp³-hybridized carbons (Fsp3) is 0.429. The number of morpholine rings is 1. The van der Waals surface area contributed by atoms with Crippen LogP contribution in [0.4, 0.5) is 10.5 Å². The number of nitrogens with one attached hydrogen (secondary N) is 2. The van der Waals surface area contributed by atoms with Crippen molar-refractivity contribution >= 4 is 22.8 Å². The Bertz CT molecular complexity index is 614. The van der Waals surface area contributed by atoms with E-state index in [0.717, 1.165) is 16.7 Å². The summed E-state index contributed by atoms with van der Waals surface area (Å²) < 4.78 is 5.63. The van der Waals surface area contributed by atoms with Gasteiger partial charge in [0.15, 0.2) is 0 Å². The monoisotopic (exact) mass is 274 g/mol. The van der Waals surface area contributed by atoms with E-state index in [9.17, 15) is 4.79 Å². The van der Waals surface area contributed by atoms with Crippen molar-refractivity contribution in [3.63, 3.8) is 0 Å². The number of nitrogens with zero attached hydrogens (tertiary/aromatic N) is 2. The molecule has 106 valence electrons. The molecule has 0 saturated carbocycles. The SMILES string of the molecule is CC1CN(C(=O)Nc2ccc3nc[nH]c3c2)CC(C)O1. The molecule has 0 spiro atoms. The Balaban J connectivity index is 1.71. The number of carbonyl (C=O) groups excluding carboxylic acids is 1. The Morgan fingerprint density at radius 3 is 2.90 bits per heavy atom. The van der Waals surface area contributed by atoms with Gasteiger partial charge in [0, 0.05) is 18.8 Å². The van der Waals surface area contributed by atoms with Crippen LogP contribution in [0.5, 0.6) is 0 Å². The lowest BCUT2D eigenvalue weighted by Gasteiger charge is -2.35. The van der Waals surface area contributed by atoms with E-state index in [1.54, 1.807) is 11.2 Å². The first kappa shape index (κ1) is 12.9. The summed E-state index contributed by atoms with van der Waals surface area (Å²) in [5, 5.41) is 2.92. The van der Waals surface area contributed by atoms with Gasteiger partial charge in [-0.25, -0.2) is 9.78 Å². The molecular weight excluding hydrogens is 256 g/mol. The van der Waals surface area contributed by atoms with Gasteiger partial charge >= 0.3 is 6.03 Å². The third-order valence-corrected chi connectivity index (χ3v) is 3.38. The molecule has 1 aromatic heterocycles. The highest BCUT2D eigenvalue weighted by Crippen LogP contribution is 2.17. The molecule has 1 aliphatic heterocycles. The first-order valence-electron chi connectivity index (χ1n) is 6.76. The summed E-state index contributed by atoms with van der Waals surface area (Å²) in [5.41, 5.74) is 2.56. The fourth-order valence-corrected chi connectivity index (χ4v) is 2.56. The minimum absolute atomic E-state index is 0.0691. The van der Waals surface area contributed by atoms with E-state index < -0.39 is 0 Å². The normalized spacial score (nSPS) is 23.0. The maximum atomic E-state index is 12.3. The standard InChI is InChI=1S/C14H18N4O2/c1-9-6-18(7-10(2)20-9)14(19)17-11-3-4-12-13(5-11)16-8-15-12/h3-5,8-10H,6-7H2,1-2H3,(H,15,16)(H,17,19). The highest BCUT2D eigenvalue weighted by atomic mass is 16.5. The summed E-state index contributed by atoms with van der Waals surface area (Å²) in [7, 11) is 0. The van der Waals surface area contributed by atoms with Crippen LogP contribution in [-0.2, 0) is 4.74 Å². The number of aromatic nitrogens is 2. The molecule has 1 fully saturated rings. The summed E-state index contributed by atoms with van der Waals surface area (Å²) >= 11 is 0. The fourth-order valence-electron chi connectivity index (χ4n) is 2.56. The predicted molar refractivity (Wildman–Crippen MR) is 76.7 cm³/mol. The third kappa shape index (κ3) is 2.60. The van der Waals surface area contributed by atoms with Crippen molar-refractivity contribution in [1.29, 1.82) is 0 Å². The van der Waals surface area contributed by atoms with E-state index in [-0.39, 0.29) is 18.2 Å². The summed E-state index contributed by atoms with van der Waals surface area (Å²) in [6.45, 7) is 5.18. The molecule has 1 aromatic carbocycles. The molecule has 2 atom stereocenters. The van der Waals surface area contributed by atoms with E-state index in [0.29, 0.717) is 13.1 Å². The zero-order valence-electron chi connectivity index (χ0n) is 11.6. The second-order valence-corrected chi connectivity index (χ2v) is 5.23. The van der Waals surface area contributed by atoms with Crippen LogP contribution in [0.15, 0.2) is 24.5 Å². The lowest BCUT2D eigenvalue weighted by molar-refractivity contribution is -0.0530. The Morgan fingerprint density at radius 2 is 2.15 bits per heavy atom. The van der Waals surface area contributed by atoms with E-state index >= 15 is 0 Å². The number of H-pyrrole nitrogens is 1. The van der Waals surface area contributed by atoms with Crippen molar-refractivity contribution in [2.24, 2.45) is 0 Å². The number of rotatable bonds is 1. The van der Waals surface area contributed by atoms with Gasteiger partial charge in [0.1, 0.15) is 0 Å². The maximum Gasteiger partial charge on any atom is 0.322 e. The van der Waals surface area contributed by atoms with Crippen LogP contribution in [0.3, 0.4) is 0 Å². The minimum atomic E-state index is -0.0918. The summed E-state index contributed by atoms with van der Waals surface area (Å²) in [5.74, 6) is 0. The van der Waals surface area contributed by atoms with Gasteiger partial charge in [-0.05, 0) is 32.0 Å². The molecule has 0 radical (unpaired) electrons. The number of urea groups is 1. The molecule has 3 rings (SSSR count). The van der Waals surface area contributed by atoms with Gasteiger partial charge in [-0.1, -0.05) is 0 Å². The van der Waals surface area contributed by atoms with Gasteiger partial charge in [0.05, 0.1) is 29.6 Å². The predicted octanol–water partition coefficient (Wildman–Crippen LogP) is 2.20. The van der Waals surface area contributed by atoms with Crippen molar-refractivity contribution in [2.45, 2.75) is 26.1 Å². The maximum absolute atomic E-state index is 12.3. The Hall–Kier alpha value is -2.08. The molecule has 2 aromatic rings. The van der Waals surface area contributed by atoms with Gasteiger partial charge in [-0.15, -0.1) is 0 Å². The number of aromatic amines is 1. The summed E-state index contributed by atoms with van der Waals surface area (Å²) in [4.78, 5) is 21.2. The molecular formula is C14H18N4O2. The first-order valence-corrected chi connectivity index (χ1v) is 6.76. The van der Waals surface area contributed by atoms with Crippen molar-refractivity contribution in [2.75, 3.05) is 18.4 Å². The largest absolute Gasteiger partial charge is 0.372 e. The molecule has 1 aliphatic rings. The minimum Gasteiger partial charge on any atom is -0.372 e. The van der Waals surface area contributed by atoms with Gasteiger partial charge in [0.2, 0.25) is 0 Å². The topological polar surface area (TPSA) is 70.2 Å². The van der Waals surface area contributed by atoms with Crippen LogP contribution in [0.2, 0.25) is 0 Å². The average molecular weight is 274 g/mol. The quantitative estimate of drug-likeness (QED) is 0.837. The molecule has 6 heteroatoms. The summed E-state index contributed by atoms with van der Waals surface area (Å²) in [6, 6.07) is 5.53. The summed E-state index contributed by atoms with van der Waals surface area (Å²) in [6.07, 6.45) is 1.78. The first-order chi connectivity index (χ1) is 9.61. The number of hydrogen-bond donors (Lipinski definition) is 2. The molecule has 20 heavy (non-hydrogen) atoms. The molecule has 6 nitrogen and oxygen atoms in total. The number of ether oxygens (including phenoxy) is 1. The van der Waals surface area contributed by atoms with E-state index in [4.69, 9.17) is 4.74 Å². The molecule has 1 saturated heterocycles. The second kappa shape index (κ2) is 5.13. The van der Waals surface area contributed by atoms with Crippen molar-refractivity contribution in [3.8, 4) is 0 Å². The van der Waals surface area contributed by atoms with E-state index in [1.165, 1.54) is 0 Å². The molecule has 0 bridgehead atoms. The van der Waals surface area contributed by atoms with Crippen molar-refractivity contribution in [3.05, 3.63) is 24.5 Å². The highest BCUT2D eigenvalue weighted by Gasteiger charge is 2.25. The van der Waals surface area contributed by atoms with E-state index in [1.807, 2.05) is 32.0 Å². The Kier molecular flexibility index (Phi) is 3.31. The number of hydrogen-bond acceptors (Lipinski definition) is 3. The Morgan fingerprint density at radius 1 is 1.40 bits per heavy atom. The lowest BCUT2D eigenvalue weighted by Crippen LogP contribution is -2.49. The number of benzene rings is 1. The van der Waals surface area contributed by atoms with Gasteiger partial charge < -0.3 is 19.9 Å². The van der Waals surface area contributed by atoms with Crippen LogP contribution < -0.4 is 5.32 Å². The number of imidazole rings is 1. The average Bonchev–Trinajstić information content (AvgIpc) is 2.85. The zero-order chi connectivity index (χ0) is 14.1. The van der Waals surface area contributed by atoms with Gasteiger partial charge in [-0.3, -0.25) is 0 Å². The molecule has 2 N–H and O–H groups in total. The Labute approximate surface area is 117 Å². The zero-order valence-corrected chi connectivity index (χ0v) is 11.6. The van der Waals surface area contributed by atoms with Crippen LogP contribution in [-0.4, -0.2) is 46.2 Å². The third-order valence-electron chi connectivity index (χ3n) is 3.38. The second-order valence-electron chi connectivity index (χ2n) is 5.23. The van der Waals surface area contributed by atoms with Crippen LogP contribution in [0.1, 0.15) is 13.8 Å². The van der Waals surface area contributed by atoms with Crippen molar-refractivity contribution in [1.82, 2.24) is 14.9 Å². The number of fused-ring (bicyclic) bond motifs is 1. The van der Waals surface area contributed by atoms with Crippen LogP contribution in [0.25, 0.3) is 11.0 Å². The highest BCUT2D eigenvalue weighted by molar-refractivity contribution is 5.92. The van der Waals surface area contributed by atoms with Crippen LogP contribution >= 0.6 is 0 Å². The van der Waals surface area contributed by atoms with Crippen molar-refractivity contribution < 1.29 is 9.53 Å². The van der Waals surface area contributed by atoms with Gasteiger partial charge in [-0.2, -0.15) is 0 Å². The number of carbonyl (C=O) groups is 1. The number of amides is 2.